The van der Waals surface area contributed by atoms with E-state index in [4.69, 9.17) is 5.11 Å². The summed E-state index contributed by atoms with van der Waals surface area (Å²) >= 11 is 0. The molecule has 1 aliphatic heterocycles. The first-order chi connectivity index (χ1) is 8.56. The van der Waals surface area contributed by atoms with Crippen molar-refractivity contribution in [2.24, 2.45) is 0 Å². The van der Waals surface area contributed by atoms with Crippen LogP contribution in [0.5, 0.6) is 0 Å². The van der Waals surface area contributed by atoms with Gasteiger partial charge in [-0.05, 0) is 50.3 Å². The summed E-state index contributed by atoms with van der Waals surface area (Å²) in [7, 11) is 4.16. The molecule has 1 heterocycles. The van der Waals surface area contributed by atoms with Gasteiger partial charge in [0.1, 0.15) is 0 Å². The Morgan fingerprint density at radius 1 is 1.33 bits per heavy atom. The van der Waals surface area contributed by atoms with Gasteiger partial charge in [0, 0.05) is 19.6 Å². The predicted octanol–water partition coefficient (Wildman–Crippen LogP) is 1.65. The summed E-state index contributed by atoms with van der Waals surface area (Å²) in [5.74, 6) is -0.844. The van der Waals surface area contributed by atoms with Crippen LogP contribution in [0.25, 0.3) is 0 Å². The molecule has 1 aliphatic rings. The van der Waals surface area contributed by atoms with Gasteiger partial charge in [0.05, 0.1) is 5.56 Å². The van der Waals surface area contributed by atoms with Crippen molar-refractivity contribution >= 4 is 5.97 Å². The summed E-state index contributed by atoms with van der Waals surface area (Å²) < 4.78 is 0. The van der Waals surface area contributed by atoms with Crippen LogP contribution in [0.1, 0.15) is 27.9 Å². The Labute approximate surface area is 108 Å². The lowest BCUT2D eigenvalue weighted by Crippen LogP contribution is -2.22. The van der Waals surface area contributed by atoms with Gasteiger partial charge in [0.25, 0.3) is 0 Å². The lowest BCUT2D eigenvalue weighted by molar-refractivity contribution is 0.0696. The number of carboxylic acid groups (broad SMARTS) is 1. The molecule has 0 atom stereocenters. The molecule has 4 nitrogen and oxygen atoms in total. The van der Waals surface area contributed by atoms with E-state index in [1.165, 1.54) is 11.1 Å². The van der Waals surface area contributed by atoms with Gasteiger partial charge in [-0.25, -0.2) is 4.79 Å². The number of fused-ring (bicyclic) bond motifs is 1. The second kappa shape index (κ2) is 5.50. The van der Waals surface area contributed by atoms with Gasteiger partial charge in [-0.1, -0.05) is 6.07 Å². The van der Waals surface area contributed by atoms with E-state index in [-0.39, 0.29) is 0 Å². The molecule has 4 heteroatoms. The fourth-order valence-electron chi connectivity index (χ4n) is 2.37. The van der Waals surface area contributed by atoms with Crippen molar-refractivity contribution in [2.45, 2.75) is 19.5 Å². The zero-order valence-corrected chi connectivity index (χ0v) is 11.0. The molecule has 0 spiro atoms. The van der Waals surface area contributed by atoms with E-state index in [2.05, 4.69) is 23.9 Å². The van der Waals surface area contributed by atoms with E-state index in [0.717, 1.165) is 32.6 Å². The fourth-order valence-corrected chi connectivity index (χ4v) is 2.37. The van der Waals surface area contributed by atoms with Crippen LogP contribution in [0.3, 0.4) is 0 Å². The monoisotopic (exact) mass is 248 g/mol. The van der Waals surface area contributed by atoms with Gasteiger partial charge in [0.2, 0.25) is 0 Å². The number of aromatic carboxylic acids is 1. The average molecular weight is 248 g/mol. The minimum Gasteiger partial charge on any atom is -0.478 e. The smallest absolute Gasteiger partial charge is 0.335 e. The van der Waals surface area contributed by atoms with Crippen LogP contribution in [0.15, 0.2) is 18.2 Å². The fraction of sp³-hybridized carbons (Fsp3) is 0.500. The van der Waals surface area contributed by atoms with Crippen LogP contribution in [-0.4, -0.2) is 48.1 Å². The van der Waals surface area contributed by atoms with Crippen molar-refractivity contribution in [1.29, 1.82) is 0 Å². The average Bonchev–Trinajstić information content (AvgIpc) is 2.69. The standard InChI is InChI=1S/C14H20N2O2/c1-15(2)6-3-7-16-9-12-5-4-11(14(17)18)8-13(12)10-16/h4-5,8H,3,6-7,9-10H2,1-2H3,(H,17,18). The zero-order chi connectivity index (χ0) is 13.1. The van der Waals surface area contributed by atoms with Crippen LogP contribution in [-0.2, 0) is 13.1 Å². The highest BCUT2D eigenvalue weighted by atomic mass is 16.4. The van der Waals surface area contributed by atoms with Crippen molar-refractivity contribution in [1.82, 2.24) is 9.80 Å². The first kappa shape index (κ1) is 13.1. The number of nitrogens with zero attached hydrogens (tertiary/aromatic N) is 2. The van der Waals surface area contributed by atoms with Crippen molar-refractivity contribution < 1.29 is 9.90 Å². The molecule has 0 saturated heterocycles. The van der Waals surface area contributed by atoms with E-state index in [9.17, 15) is 4.79 Å². The van der Waals surface area contributed by atoms with Gasteiger partial charge in [-0.3, -0.25) is 4.90 Å². The number of hydrogen-bond donors (Lipinski definition) is 1. The molecule has 18 heavy (non-hydrogen) atoms. The van der Waals surface area contributed by atoms with Gasteiger partial charge >= 0.3 is 5.97 Å². The van der Waals surface area contributed by atoms with Gasteiger partial charge < -0.3 is 10.0 Å². The summed E-state index contributed by atoms with van der Waals surface area (Å²) in [6, 6.07) is 5.46. The van der Waals surface area contributed by atoms with Crippen LogP contribution in [0.4, 0.5) is 0 Å². The molecular formula is C14H20N2O2. The Balaban J connectivity index is 1.93. The molecule has 0 amide bonds. The maximum absolute atomic E-state index is 10.9. The van der Waals surface area contributed by atoms with Crippen LogP contribution in [0.2, 0.25) is 0 Å². The summed E-state index contributed by atoms with van der Waals surface area (Å²) in [6.45, 7) is 3.98. The van der Waals surface area contributed by atoms with Crippen LogP contribution in [0, 0.1) is 0 Å². The molecule has 1 aromatic carbocycles. The number of rotatable bonds is 5. The van der Waals surface area contributed by atoms with Crippen LogP contribution < -0.4 is 0 Å². The van der Waals surface area contributed by atoms with Crippen molar-refractivity contribution in [3.05, 3.63) is 34.9 Å². The molecule has 1 aromatic rings. The Morgan fingerprint density at radius 2 is 2.06 bits per heavy atom. The maximum Gasteiger partial charge on any atom is 0.335 e. The van der Waals surface area contributed by atoms with Gasteiger partial charge in [-0.2, -0.15) is 0 Å². The second-order valence-corrected chi connectivity index (χ2v) is 5.16. The highest BCUT2D eigenvalue weighted by Crippen LogP contribution is 2.23. The quantitative estimate of drug-likeness (QED) is 0.860. The number of hydrogen-bond acceptors (Lipinski definition) is 3. The third-order valence-corrected chi connectivity index (χ3v) is 3.32. The van der Waals surface area contributed by atoms with Gasteiger partial charge in [0.15, 0.2) is 0 Å². The number of benzene rings is 1. The topological polar surface area (TPSA) is 43.8 Å². The second-order valence-electron chi connectivity index (χ2n) is 5.16. The molecular weight excluding hydrogens is 228 g/mol. The highest BCUT2D eigenvalue weighted by molar-refractivity contribution is 5.87. The van der Waals surface area contributed by atoms with Crippen molar-refractivity contribution in [2.75, 3.05) is 27.2 Å². The molecule has 98 valence electrons. The Hall–Kier alpha value is -1.39. The molecule has 0 aromatic heterocycles. The summed E-state index contributed by atoms with van der Waals surface area (Å²) in [5.41, 5.74) is 2.83. The van der Waals surface area contributed by atoms with E-state index < -0.39 is 5.97 Å². The number of carboxylic acids is 1. The lowest BCUT2D eigenvalue weighted by atomic mass is 10.1. The lowest BCUT2D eigenvalue weighted by Gasteiger charge is -2.16. The first-order valence-electron chi connectivity index (χ1n) is 6.28. The molecule has 0 saturated carbocycles. The molecule has 0 radical (unpaired) electrons. The molecule has 1 N–H and O–H groups in total. The summed E-state index contributed by atoms with van der Waals surface area (Å²) in [4.78, 5) is 15.5. The SMILES string of the molecule is CN(C)CCCN1Cc2ccc(C(=O)O)cc2C1. The van der Waals surface area contributed by atoms with Gasteiger partial charge in [-0.15, -0.1) is 0 Å². The predicted molar refractivity (Wildman–Crippen MR) is 70.7 cm³/mol. The first-order valence-corrected chi connectivity index (χ1v) is 6.28. The third kappa shape index (κ3) is 3.09. The molecule has 0 fully saturated rings. The minimum absolute atomic E-state index is 0.392. The number of carbonyl (C=O) groups is 1. The van der Waals surface area contributed by atoms with E-state index in [1.54, 1.807) is 6.07 Å². The van der Waals surface area contributed by atoms with Crippen molar-refractivity contribution in [3.63, 3.8) is 0 Å². The van der Waals surface area contributed by atoms with E-state index in [0.29, 0.717) is 5.56 Å². The largest absolute Gasteiger partial charge is 0.478 e. The Bertz CT molecular complexity index is 443. The van der Waals surface area contributed by atoms with E-state index in [1.807, 2.05) is 12.1 Å². The molecule has 0 unspecified atom stereocenters. The molecule has 2 rings (SSSR count). The highest BCUT2D eigenvalue weighted by Gasteiger charge is 2.19. The molecule has 0 bridgehead atoms. The normalized spacial score (nSPS) is 15.1. The van der Waals surface area contributed by atoms with Crippen LogP contribution >= 0.6 is 0 Å². The Kier molecular flexibility index (Phi) is 3.99. The van der Waals surface area contributed by atoms with Crippen molar-refractivity contribution in [3.8, 4) is 0 Å². The summed E-state index contributed by atoms with van der Waals surface area (Å²) in [5, 5.41) is 8.97. The maximum atomic E-state index is 10.9. The molecule has 0 aliphatic carbocycles. The minimum atomic E-state index is -0.844. The van der Waals surface area contributed by atoms with E-state index >= 15 is 0 Å². The zero-order valence-electron chi connectivity index (χ0n) is 11.0. The summed E-state index contributed by atoms with van der Waals surface area (Å²) in [6.07, 6.45) is 1.15. The Morgan fingerprint density at radius 3 is 2.72 bits per heavy atom. The third-order valence-electron chi connectivity index (χ3n) is 3.32.